The maximum Gasteiger partial charge on any atom is 0.283 e. The average Bonchev–Trinajstić information content (AvgIpc) is 3.57. The summed E-state index contributed by atoms with van der Waals surface area (Å²) in [6, 6.07) is 13.4. The monoisotopic (exact) mass is 500 g/mol. The predicted octanol–water partition coefficient (Wildman–Crippen LogP) is 3.73. The first-order valence-electron chi connectivity index (χ1n) is 10.5. The van der Waals surface area contributed by atoms with Crippen molar-refractivity contribution in [2.24, 2.45) is 0 Å². The minimum atomic E-state index is -0.206. The van der Waals surface area contributed by atoms with Gasteiger partial charge in [-0.05, 0) is 47.0 Å². The van der Waals surface area contributed by atoms with Crippen LogP contribution in [0.15, 0.2) is 64.4 Å². The van der Waals surface area contributed by atoms with Gasteiger partial charge in [-0.25, -0.2) is 14.5 Å². The van der Waals surface area contributed by atoms with Crippen LogP contribution in [0.2, 0.25) is 0 Å². The summed E-state index contributed by atoms with van der Waals surface area (Å²) in [5.41, 5.74) is 2.18. The lowest BCUT2D eigenvalue weighted by atomic mass is 10.1. The average molecular weight is 501 g/mol. The third-order valence-corrected chi connectivity index (χ3v) is 6.71. The van der Waals surface area contributed by atoms with Gasteiger partial charge in [0, 0.05) is 18.9 Å². The van der Waals surface area contributed by atoms with Gasteiger partial charge >= 0.3 is 0 Å². The first-order chi connectivity index (χ1) is 16.2. The normalized spacial score (nSPS) is 16.0. The molecule has 0 saturated carbocycles. The molecule has 1 atom stereocenters. The minimum absolute atomic E-state index is 0.151. The van der Waals surface area contributed by atoms with Gasteiger partial charge in [0.15, 0.2) is 5.82 Å². The van der Waals surface area contributed by atoms with E-state index in [1.54, 1.807) is 21.5 Å². The number of aromatic nitrogens is 6. The highest BCUT2D eigenvalue weighted by Crippen LogP contribution is 2.38. The molecule has 1 saturated heterocycles. The first-order valence-corrected chi connectivity index (χ1v) is 11.3. The molecule has 162 valence electrons. The Morgan fingerprint density at radius 1 is 1.18 bits per heavy atom. The quantitative estimate of drug-likeness (QED) is 0.404. The van der Waals surface area contributed by atoms with Crippen LogP contribution in [-0.2, 0) is 0 Å². The largest absolute Gasteiger partial charge is 0.346 e. The standard InChI is InChI=1S/C23H17BrN8O/c24-16-8-10-31-19(16)23(33)32(15-5-2-1-3-6-15)21(29-31)17-7-4-9-30(17)22-18-14(11-25)12-26-20(18)27-13-28-22/h1-3,5-6,8,10,12-13,17H,4,7,9H2,(H,26,27,28)/t17-/m0/s1. The Morgan fingerprint density at radius 2 is 2.03 bits per heavy atom. The summed E-state index contributed by atoms with van der Waals surface area (Å²) >= 11 is 3.48. The Balaban J connectivity index is 1.61. The topological polar surface area (TPSA) is 108 Å². The Labute approximate surface area is 196 Å². The molecule has 5 heterocycles. The lowest BCUT2D eigenvalue weighted by Crippen LogP contribution is -2.33. The molecule has 1 N–H and O–H groups in total. The molecule has 1 aliphatic heterocycles. The second kappa shape index (κ2) is 7.56. The van der Waals surface area contributed by atoms with Crippen LogP contribution in [0.3, 0.4) is 0 Å². The van der Waals surface area contributed by atoms with Gasteiger partial charge in [-0.15, -0.1) is 0 Å². The Morgan fingerprint density at radius 3 is 2.85 bits per heavy atom. The molecule has 0 aliphatic carbocycles. The number of nitrogens with zero attached hydrogens (tertiary/aromatic N) is 7. The number of fused-ring (bicyclic) bond motifs is 2. The van der Waals surface area contributed by atoms with Crippen LogP contribution in [0.4, 0.5) is 5.82 Å². The summed E-state index contributed by atoms with van der Waals surface area (Å²) in [7, 11) is 0. The molecule has 1 aromatic carbocycles. The number of nitriles is 1. The molecule has 1 fully saturated rings. The predicted molar refractivity (Wildman–Crippen MR) is 126 cm³/mol. The van der Waals surface area contributed by atoms with Crippen molar-refractivity contribution in [2.75, 3.05) is 11.4 Å². The van der Waals surface area contributed by atoms with Crippen LogP contribution >= 0.6 is 15.9 Å². The van der Waals surface area contributed by atoms with E-state index in [-0.39, 0.29) is 11.6 Å². The summed E-state index contributed by atoms with van der Waals surface area (Å²) in [6.07, 6.45) is 6.62. The second-order valence-electron chi connectivity index (χ2n) is 7.88. The van der Waals surface area contributed by atoms with Crippen LogP contribution in [0.1, 0.15) is 30.3 Å². The van der Waals surface area contributed by atoms with Crippen LogP contribution in [-0.4, -0.2) is 35.7 Å². The number of nitrogens with one attached hydrogen (secondary N) is 1. The molecule has 0 amide bonds. The van der Waals surface area contributed by atoms with Crippen LogP contribution in [0, 0.1) is 11.3 Å². The Hall–Kier alpha value is -3.97. The second-order valence-corrected chi connectivity index (χ2v) is 8.73. The molecule has 0 radical (unpaired) electrons. The van der Waals surface area contributed by atoms with E-state index < -0.39 is 0 Å². The molecule has 0 bridgehead atoms. The summed E-state index contributed by atoms with van der Waals surface area (Å²) in [5, 5.41) is 15.2. The molecule has 4 aromatic heterocycles. The molecule has 5 aromatic rings. The van der Waals surface area contributed by atoms with Crippen molar-refractivity contribution < 1.29 is 0 Å². The van der Waals surface area contributed by atoms with Gasteiger partial charge in [0.1, 0.15) is 29.4 Å². The Kier molecular flexibility index (Phi) is 4.52. The zero-order valence-corrected chi connectivity index (χ0v) is 18.9. The van der Waals surface area contributed by atoms with Gasteiger partial charge in [-0.3, -0.25) is 9.36 Å². The number of rotatable bonds is 3. The zero-order valence-electron chi connectivity index (χ0n) is 17.3. The van der Waals surface area contributed by atoms with Gasteiger partial charge in [0.25, 0.3) is 5.56 Å². The smallest absolute Gasteiger partial charge is 0.283 e. The molecule has 10 heteroatoms. The fraction of sp³-hybridized carbons (Fsp3) is 0.174. The number of para-hydroxylation sites is 1. The lowest BCUT2D eigenvalue weighted by Gasteiger charge is -2.27. The fourth-order valence-corrected chi connectivity index (χ4v) is 5.10. The molecule has 6 rings (SSSR count). The van der Waals surface area contributed by atoms with Crippen LogP contribution in [0.25, 0.3) is 22.2 Å². The maximum atomic E-state index is 13.7. The van der Waals surface area contributed by atoms with Crippen molar-refractivity contribution in [1.82, 2.24) is 29.1 Å². The highest BCUT2D eigenvalue weighted by atomic mass is 79.9. The van der Waals surface area contributed by atoms with Crippen molar-refractivity contribution in [1.29, 1.82) is 5.26 Å². The van der Waals surface area contributed by atoms with Gasteiger partial charge in [0.2, 0.25) is 0 Å². The van der Waals surface area contributed by atoms with E-state index in [1.165, 1.54) is 6.33 Å². The SMILES string of the molecule is N#Cc1c[nH]c2ncnc(N3CCC[C@H]3c3nn4ccc(Br)c4c(=O)n3-c3ccccc3)c12. The van der Waals surface area contributed by atoms with Crippen LogP contribution < -0.4 is 10.5 Å². The summed E-state index contributed by atoms with van der Waals surface area (Å²) in [6.45, 7) is 0.727. The highest BCUT2D eigenvalue weighted by molar-refractivity contribution is 9.10. The molecule has 9 nitrogen and oxygen atoms in total. The molecular weight excluding hydrogens is 484 g/mol. The molecule has 0 spiro atoms. The van der Waals surface area contributed by atoms with Crippen molar-refractivity contribution in [3.8, 4) is 11.8 Å². The van der Waals surface area contributed by atoms with E-state index in [4.69, 9.17) is 5.10 Å². The number of benzene rings is 1. The van der Waals surface area contributed by atoms with E-state index in [2.05, 4.69) is 41.9 Å². The van der Waals surface area contributed by atoms with Gasteiger partial charge in [-0.2, -0.15) is 10.4 Å². The van der Waals surface area contributed by atoms with Crippen LogP contribution in [0.5, 0.6) is 0 Å². The van der Waals surface area contributed by atoms with Crippen molar-refractivity contribution in [3.63, 3.8) is 0 Å². The Bertz CT molecular complexity index is 1610. The summed E-state index contributed by atoms with van der Waals surface area (Å²) in [4.78, 5) is 27.7. The zero-order chi connectivity index (χ0) is 22.5. The van der Waals surface area contributed by atoms with E-state index >= 15 is 0 Å². The van der Waals surface area contributed by atoms with Gasteiger partial charge in [0.05, 0.1) is 27.2 Å². The molecular formula is C23H17BrN8O. The summed E-state index contributed by atoms with van der Waals surface area (Å²) < 4.78 is 4.01. The number of hydrogen-bond donors (Lipinski definition) is 1. The fourth-order valence-electron chi connectivity index (χ4n) is 4.63. The molecule has 0 unspecified atom stereocenters. The first kappa shape index (κ1) is 19.7. The number of halogens is 1. The summed E-state index contributed by atoms with van der Waals surface area (Å²) in [5.74, 6) is 1.29. The van der Waals surface area contributed by atoms with E-state index in [0.29, 0.717) is 38.2 Å². The maximum absolute atomic E-state index is 13.7. The lowest BCUT2D eigenvalue weighted by molar-refractivity contribution is 0.602. The van der Waals surface area contributed by atoms with Gasteiger partial charge in [-0.1, -0.05) is 18.2 Å². The van der Waals surface area contributed by atoms with E-state index in [1.807, 2.05) is 36.4 Å². The molecule has 33 heavy (non-hydrogen) atoms. The van der Waals surface area contributed by atoms with Crippen molar-refractivity contribution in [3.05, 3.63) is 81.3 Å². The van der Waals surface area contributed by atoms with E-state index in [9.17, 15) is 10.1 Å². The third-order valence-electron chi connectivity index (χ3n) is 6.07. The van der Waals surface area contributed by atoms with E-state index in [0.717, 1.165) is 25.1 Å². The molecule has 1 aliphatic rings. The van der Waals surface area contributed by atoms with Crippen molar-refractivity contribution in [2.45, 2.75) is 18.9 Å². The third kappa shape index (κ3) is 2.97. The van der Waals surface area contributed by atoms with Gasteiger partial charge < -0.3 is 9.88 Å². The van der Waals surface area contributed by atoms with Crippen molar-refractivity contribution >= 4 is 38.3 Å². The number of hydrogen-bond acceptors (Lipinski definition) is 6. The highest BCUT2D eigenvalue weighted by Gasteiger charge is 2.34. The number of aromatic amines is 1. The minimum Gasteiger partial charge on any atom is -0.346 e. The number of anilines is 1. The number of H-pyrrole nitrogens is 1.